The van der Waals surface area contributed by atoms with Gasteiger partial charge in [-0.25, -0.2) is 4.39 Å². The van der Waals surface area contributed by atoms with Gasteiger partial charge in [-0.3, -0.25) is 19.4 Å². The highest BCUT2D eigenvalue weighted by atomic mass is 35.5. The van der Waals surface area contributed by atoms with Crippen LogP contribution >= 0.6 is 35.4 Å². The Bertz CT molecular complexity index is 1400. The molecular formula is C30H30Cl2FN5O2S. The molecule has 2 heterocycles. The van der Waals surface area contributed by atoms with Crippen LogP contribution in [0.5, 0.6) is 0 Å². The Labute approximate surface area is 254 Å². The van der Waals surface area contributed by atoms with Crippen LogP contribution in [0.25, 0.3) is 0 Å². The highest BCUT2D eigenvalue weighted by Crippen LogP contribution is 2.29. The molecule has 5 rings (SSSR count). The maximum Gasteiger partial charge on any atom is 0.256 e. The molecule has 2 aliphatic rings. The van der Waals surface area contributed by atoms with Gasteiger partial charge in [-0.2, -0.15) is 0 Å². The highest BCUT2D eigenvalue weighted by Gasteiger charge is 2.44. The van der Waals surface area contributed by atoms with E-state index >= 15 is 0 Å². The fourth-order valence-electron chi connectivity index (χ4n) is 5.21. The molecule has 11 heteroatoms. The molecule has 1 atom stereocenters. The zero-order chi connectivity index (χ0) is 28.9. The van der Waals surface area contributed by atoms with Crippen LogP contribution in [0.3, 0.4) is 0 Å². The maximum absolute atomic E-state index is 13.6. The van der Waals surface area contributed by atoms with Gasteiger partial charge in [0.1, 0.15) is 11.9 Å². The van der Waals surface area contributed by atoms with Crippen LogP contribution in [-0.2, 0) is 9.59 Å². The van der Waals surface area contributed by atoms with E-state index in [2.05, 4.69) is 15.1 Å². The smallest absolute Gasteiger partial charge is 0.256 e. The molecule has 0 saturated carbocycles. The van der Waals surface area contributed by atoms with Crippen LogP contribution in [0.4, 0.5) is 21.5 Å². The van der Waals surface area contributed by atoms with E-state index in [-0.39, 0.29) is 24.1 Å². The van der Waals surface area contributed by atoms with E-state index in [0.29, 0.717) is 33.1 Å². The number of rotatable bonds is 9. The van der Waals surface area contributed by atoms with Gasteiger partial charge in [0.25, 0.3) is 5.91 Å². The zero-order valence-electron chi connectivity index (χ0n) is 22.3. The molecule has 2 aliphatic heterocycles. The number of carbonyl (C=O) groups is 2. The number of nitrogens with one attached hydrogen (secondary N) is 1. The number of hydrogen-bond acceptors (Lipinski definition) is 5. The third-order valence-electron chi connectivity index (χ3n) is 7.33. The second-order valence-corrected chi connectivity index (χ2v) is 11.3. The van der Waals surface area contributed by atoms with Crippen LogP contribution in [0.15, 0.2) is 72.8 Å². The van der Waals surface area contributed by atoms with Crippen molar-refractivity contribution in [2.45, 2.75) is 18.9 Å². The SMILES string of the molecule is O=C(C[C@H]1C(=O)N(c2cccc(Cl)c2)C(=S)N1CCCN1CCN(c2ccc(F)cc2)CC1)Nc1ccc(Cl)cc1. The first kappa shape index (κ1) is 29.3. The Morgan fingerprint density at radius 3 is 2.29 bits per heavy atom. The average Bonchev–Trinajstić information content (AvgIpc) is 3.19. The van der Waals surface area contributed by atoms with E-state index in [1.807, 2.05) is 17.0 Å². The minimum Gasteiger partial charge on any atom is -0.369 e. The molecule has 1 N–H and O–H groups in total. The largest absolute Gasteiger partial charge is 0.369 e. The normalized spacial score (nSPS) is 17.8. The molecule has 0 aromatic heterocycles. The lowest BCUT2D eigenvalue weighted by molar-refractivity contribution is -0.124. The Morgan fingerprint density at radius 1 is 0.902 bits per heavy atom. The molecule has 0 bridgehead atoms. The number of amides is 2. The summed E-state index contributed by atoms with van der Waals surface area (Å²) in [5.74, 6) is -0.778. The molecule has 0 aliphatic carbocycles. The Balaban J connectivity index is 1.22. The summed E-state index contributed by atoms with van der Waals surface area (Å²) in [4.78, 5) is 34.6. The number of piperazine rings is 1. The number of benzene rings is 3. The number of hydrogen-bond donors (Lipinski definition) is 1. The molecule has 3 aromatic rings. The molecule has 3 aromatic carbocycles. The van der Waals surface area contributed by atoms with Crippen LogP contribution in [0.2, 0.25) is 10.0 Å². The minimum atomic E-state index is -0.732. The maximum atomic E-state index is 13.6. The summed E-state index contributed by atoms with van der Waals surface area (Å²) >= 11 is 17.9. The first-order chi connectivity index (χ1) is 19.8. The van der Waals surface area contributed by atoms with Gasteiger partial charge in [-0.05, 0) is 91.9 Å². The third kappa shape index (κ3) is 7.16. The van der Waals surface area contributed by atoms with Gasteiger partial charge in [-0.1, -0.05) is 29.3 Å². The standard InChI is InChI=1S/C30H30Cl2FN5O2S/c31-21-5-9-24(10-6-21)34-28(39)20-27-29(40)38(26-4-1-3-22(32)19-26)30(41)37(27)14-2-13-35-15-17-36(18-16-35)25-11-7-23(33)8-12-25/h1,3-12,19,27H,2,13-18,20H2,(H,34,39)/t27-/m0/s1. The first-order valence-corrected chi connectivity index (χ1v) is 14.6. The van der Waals surface area contributed by atoms with Crippen molar-refractivity contribution in [3.05, 3.63) is 88.7 Å². The Hall–Kier alpha value is -3.24. The van der Waals surface area contributed by atoms with E-state index in [9.17, 15) is 14.0 Å². The van der Waals surface area contributed by atoms with Crippen molar-refractivity contribution in [1.29, 1.82) is 0 Å². The average molecular weight is 615 g/mol. The van der Waals surface area contributed by atoms with Gasteiger partial charge in [0.15, 0.2) is 5.11 Å². The summed E-state index contributed by atoms with van der Waals surface area (Å²) in [7, 11) is 0. The molecule has 41 heavy (non-hydrogen) atoms. The van der Waals surface area contributed by atoms with Crippen molar-refractivity contribution >= 4 is 69.4 Å². The van der Waals surface area contributed by atoms with Crippen molar-refractivity contribution < 1.29 is 14.0 Å². The number of anilines is 3. The monoisotopic (exact) mass is 613 g/mol. The van der Waals surface area contributed by atoms with Crippen molar-refractivity contribution in [2.24, 2.45) is 0 Å². The predicted octanol–water partition coefficient (Wildman–Crippen LogP) is 5.68. The minimum absolute atomic E-state index is 0.0466. The van der Waals surface area contributed by atoms with Crippen LogP contribution in [-0.4, -0.2) is 72.0 Å². The lowest BCUT2D eigenvalue weighted by Crippen LogP contribution is -2.47. The molecular weight excluding hydrogens is 584 g/mol. The van der Waals surface area contributed by atoms with Crippen molar-refractivity contribution in [3.8, 4) is 0 Å². The second-order valence-electron chi connectivity index (χ2n) is 10.1. The molecule has 2 amide bonds. The van der Waals surface area contributed by atoms with E-state index in [1.54, 1.807) is 48.5 Å². The van der Waals surface area contributed by atoms with Gasteiger partial charge in [0, 0.05) is 54.1 Å². The molecule has 0 spiro atoms. The summed E-state index contributed by atoms with van der Waals surface area (Å²) < 4.78 is 13.3. The van der Waals surface area contributed by atoms with Crippen LogP contribution in [0, 0.1) is 5.82 Å². The van der Waals surface area contributed by atoms with E-state index in [0.717, 1.165) is 44.8 Å². The number of carbonyl (C=O) groups excluding carboxylic acids is 2. The van der Waals surface area contributed by atoms with Crippen molar-refractivity contribution in [3.63, 3.8) is 0 Å². The van der Waals surface area contributed by atoms with Crippen molar-refractivity contribution in [2.75, 3.05) is 54.4 Å². The number of thiocarbonyl (C=S) groups is 1. The summed E-state index contributed by atoms with van der Waals surface area (Å²) in [6.45, 7) is 4.80. The Kier molecular flexibility index (Phi) is 9.39. The first-order valence-electron chi connectivity index (χ1n) is 13.5. The lowest BCUT2D eigenvalue weighted by Gasteiger charge is -2.36. The molecule has 0 unspecified atom stereocenters. The van der Waals surface area contributed by atoms with Crippen molar-refractivity contribution in [1.82, 2.24) is 9.80 Å². The summed E-state index contributed by atoms with van der Waals surface area (Å²) in [5.41, 5.74) is 2.20. The van der Waals surface area contributed by atoms with Gasteiger partial charge >= 0.3 is 0 Å². The fraction of sp³-hybridized carbons (Fsp3) is 0.300. The predicted molar refractivity (Wildman–Crippen MR) is 166 cm³/mol. The number of nitrogens with zero attached hydrogens (tertiary/aromatic N) is 4. The lowest BCUT2D eigenvalue weighted by atomic mass is 10.1. The number of halogens is 3. The van der Waals surface area contributed by atoms with E-state index in [4.69, 9.17) is 35.4 Å². The van der Waals surface area contributed by atoms with Gasteiger partial charge in [-0.15, -0.1) is 0 Å². The van der Waals surface area contributed by atoms with Gasteiger partial charge in [0.2, 0.25) is 5.91 Å². The summed E-state index contributed by atoms with van der Waals surface area (Å²) in [6.07, 6.45) is 0.720. The molecule has 7 nitrogen and oxygen atoms in total. The molecule has 214 valence electrons. The van der Waals surface area contributed by atoms with E-state index < -0.39 is 6.04 Å². The zero-order valence-corrected chi connectivity index (χ0v) is 24.6. The highest BCUT2D eigenvalue weighted by molar-refractivity contribution is 7.80. The van der Waals surface area contributed by atoms with E-state index in [1.165, 1.54) is 17.0 Å². The quantitative estimate of drug-likeness (QED) is 0.314. The topological polar surface area (TPSA) is 59.1 Å². The second kappa shape index (κ2) is 13.2. The van der Waals surface area contributed by atoms with Gasteiger partial charge in [0.05, 0.1) is 12.1 Å². The fourth-order valence-corrected chi connectivity index (χ4v) is 5.93. The Morgan fingerprint density at radius 2 is 1.61 bits per heavy atom. The summed E-state index contributed by atoms with van der Waals surface area (Å²) in [5, 5.41) is 4.28. The third-order valence-corrected chi connectivity index (χ3v) is 8.23. The van der Waals surface area contributed by atoms with Crippen LogP contribution < -0.4 is 15.1 Å². The molecule has 0 radical (unpaired) electrons. The van der Waals surface area contributed by atoms with Gasteiger partial charge < -0.3 is 15.1 Å². The molecule has 2 saturated heterocycles. The van der Waals surface area contributed by atoms with Crippen LogP contribution in [0.1, 0.15) is 12.8 Å². The summed E-state index contributed by atoms with van der Waals surface area (Å²) in [6, 6.07) is 19.7. The molecule has 2 fully saturated rings.